The molecule has 0 saturated carbocycles. The van der Waals surface area contributed by atoms with Gasteiger partial charge >= 0.3 is 0 Å². The van der Waals surface area contributed by atoms with Gasteiger partial charge in [0.15, 0.2) is 0 Å². The Balaban J connectivity index is 0.00000169. The molecule has 0 aliphatic rings. The van der Waals surface area contributed by atoms with E-state index < -0.39 is 0 Å². The molecule has 1 heterocycles. The molecule has 0 aromatic carbocycles. The lowest BCUT2D eigenvalue weighted by atomic mass is 10.1. The number of hydrogen-bond acceptors (Lipinski definition) is 1. The Kier molecular flexibility index (Phi) is 9.17. The molecule has 0 aliphatic heterocycles. The molecule has 0 unspecified atom stereocenters. The predicted octanol–water partition coefficient (Wildman–Crippen LogP) is 3.47. The van der Waals surface area contributed by atoms with E-state index >= 15 is 0 Å². The summed E-state index contributed by atoms with van der Waals surface area (Å²) in [6, 6.07) is 2.25. The third-order valence-electron chi connectivity index (χ3n) is 2.40. The zero-order valence-electron chi connectivity index (χ0n) is 8.59. The van der Waals surface area contributed by atoms with E-state index in [2.05, 4.69) is 23.8 Å². The van der Waals surface area contributed by atoms with Gasteiger partial charge in [0.2, 0.25) is 0 Å². The third-order valence-corrected chi connectivity index (χ3v) is 3.13. The zero-order valence-corrected chi connectivity index (χ0v) is 9.41. The van der Waals surface area contributed by atoms with Crippen molar-refractivity contribution in [1.29, 1.82) is 0 Å². The van der Waals surface area contributed by atoms with E-state index in [4.69, 9.17) is 0 Å². The van der Waals surface area contributed by atoms with E-state index in [1.165, 1.54) is 50.5 Å². The van der Waals surface area contributed by atoms with E-state index in [0.29, 0.717) is 0 Å². The molecule has 0 fully saturated rings. The van der Waals surface area contributed by atoms with Crippen LogP contribution < -0.4 is 0 Å². The van der Waals surface area contributed by atoms with E-state index in [1.54, 1.807) is 0 Å². The number of aryl methyl sites for hydroxylation is 1. The molecular formula is C12H23BS. The van der Waals surface area contributed by atoms with Crippen LogP contribution in [0.2, 0.25) is 0 Å². The summed E-state index contributed by atoms with van der Waals surface area (Å²) in [5.41, 5.74) is 1.53. The van der Waals surface area contributed by atoms with Gasteiger partial charge in [-0.25, -0.2) is 0 Å². The maximum atomic E-state index is 2.27. The van der Waals surface area contributed by atoms with Crippen LogP contribution in [0, 0.1) is 0 Å². The molecule has 14 heavy (non-hydrogen) atoms. The molecule has 1 aromatic rings. The van der Waals surface area contributed by atoms with Crippen LogP contribution in [0.5, 0.6) is 0 Å². The van der Waals surface area contributed by atoms with E-state index in [0.717, 1.165) is 0 Å². The molecule has 0 nitrogen and oxygen atoms in total. The fraction of sp³-hybridized carbons (Fsp3) is 0.667. The first-order valence-electron chi connectivity index (χ1n) is 5.44. The van der Waals surface area contributed by atoms with Crippen molar-refractivity contribution in [3.8, 4) is 0 Å². The summed E-state index contributed by atoms with van der Waals surface area (Å²) in [4.78, 5) is 0. The molecule has 1 aromatic heterocycles. The summed E-state index contributed by atoms with van der Waals surface area (Å²) in [6.07, 6.45) is 9.70. The second kappa shape index (κ2) is 9.33. The van der Waals surface area contributed by atoms with Gasteiger partial charge < -0.3 is 0 Å². The van der Waals surface area contributed by atoms with Gasteiger partial charge in [-0.1, -0.05) is 39.0 Å². The van der Waals surface area contributed by atoms with Crippen LogP contribution in [0.4, 0.5) is 0 Å². The van der Waals surface area contributed by atoms with Gasteiger partial charge in [0.05, 0.1) is 8.41 Å². The smallest absolute Gasteiger partial charge is 0.0814 e. The summed E-state index contributed by atoms with van der Waals surface area (Å²) >= 11 is 1.81. The molecule has 2 heteroatoms. The fourth-order valence-electron chi connectivity index (χ4n) is 1.54. The Morgan fingerprint density at radius 1 is 1.07 bits per heavy atom. The lowest BCUT2D eigenvalue weighted by molar-refractivity contribution is 0.608. The quantitative estimate of drug-likeness (QED) is 0.477. The second-order valence-electron chi connectivity index (χ2n) is 3.65. The molecule has 0 bridgehead atoms. The molecule has 0 atom stereocenters. The lowest BCUT2D eigenvalue weighted by Gasteiger charge is -1.99. The van der Waals surface area contributed by atoms with Crippen molar-refractivity contribution in [2.75, 3.05) is 0 Å². The fourth-order valence-corrected chi connectivity index (χ4v) is 2.25. The van der Waals surface area contributed by atoms with Crippen molar-refractivity contribution >= 4 is 19.7 Å². The van der Waals surface area contributed by atoms with Gasteiger partial charge in [-0.2, -0.15) is 11.3 Å². The van der Waals surface area contributed by atoms with Crippen LogP contribution in [0.3, 0.4) is 0 Å². The van der Waals surface area contributed by atoms with Gasteiger partial charge in [-0.3, -0.25) is 0 Å². The van der Waals surface area contributed by atoms with Crippen LogP contribution in [-0.4, -0.2) is 8.41 Å². The Morgan fingerprint density at radius 2 is 1.79 bits per heavy atom. The summed E-state index contributed by atoms with van der Waals surface area (Å²) in [5, 5.41) is 4.44. The van der Waals surface area contributed by atoms with Crippen molar-refractivity contribution < 1.29 is 0 Å². The lowest BCUT2D eigenvalue weighted by Crippen LogP contribution is -1.83. The van der Waals surface area contributed by atoms with Crippen molar-refractivity contribution in [3.05, 3.63) is 22.4 Å². The highest BCUT2D eigenvalue weighted by atomic mass is 32.1. The van der Waals surface area contributed by atoms with Crippen LogP contribution in [0.1, 0.15) is 51.0 Å². The maximum Gasteiger partial charge on any atom is 0.0814 e. The Morgan fingerprint density at radius 3 is 2.43 bits per heavy atom. The van der Waals surface area contributed by atoms with E-state index in [9.17, 15) is 0 Å². The van der Waals surface area contributed by atoms with Crippen LogP contribution in [0.15, 0.2) is 16.8 Å². The Bertz CT molecular complexity index is 194. The van der Waals surface area contributed by atoms with Crippen LogP contribution in [0.25, 0.3) is 0 Å². The Hall–Kier alpha value is -0.235. The first kappa shape index (κ1) is 13.8. The van der Waals surface area contributed by atoms with Crippen LogP contribution in [-0.2, 0) is 6.42 Å². The van der Waals surface area contributed by atoms with Gasteiger partial charge in [-0.05, 0) is 35.2 Å². The van der Waals surface area contributed by atoms with Crippen molar-refractivity contribution in [2.45, 2.75) is 51.9 Å². The third kappa shape index (κ3) is 6.25. The second-order valence-corrected chi connectivity index (χ2v) is 4.43. The predicted molar refractivity (Wildman–Crippen MR) is 71.3 cm³/mol. The molecular weight excluding hydrogens is 187 g/mol. The highest BCUT2D eigenvalue weighted by Crippen LogP contribution is 2.12. The molecule has 0 radical (unpaired) electrons. The summed E-state index contributed by atoms with van der Waals surface area (Å²) in [6.45, 7) is 2.27. The summed E-state index contributed by atoms with van der Waals surface area (Å²) in [7, 11) is 0. The standard InChI is InChI=1S/C12H20S.BH3/c1-2-3-4-5-6-7-8-12-9-10-13-11-12;/h9-11H,2-8H2,1H3;1H3. The van der Waals surface area contributed by atoms with Gasteiger partial charge in [0.25, 0.3) is 0 Å². The van der Waals surface area contributed by atoms with Gasteiger partial charge in [0.1, 0.15) is 0 Å². The Labute approximate surface area is 94.3 Å². The highest BCUT2D eigenvalue weighted by Gasteiger charge is 1.93. The van der Waals surface area contributed by atoms with Crippen molar-refractivity contribution in [1.82, 2.24) is 0 Å². The minimum atomic E-state index is 0. The molecule has 1 rings (SSSR count). The van der Waals surface area contributed by atoms with Crippen molar-refractivity contribution in [2.24, 2.45) is 0 Å². The summed E-state index contributed by atoms with van der Waals surface area (Å²) < 4.78 is 0. The molecule has 80 valence electrons. The topological polar surface area (TPSA) is 0 Å². The van der Waals surface area contributed by atoms with Crippen molar-refractivity contribution in [3.63, 3.8) is 0 Å². The molecule has 0 spiro atoms. The number of rotatable bonds is 7. The average Bonchev–Trinajstić information content (AvgIpc) is 2.63. The average molecular weight is 210 g/mol. The van der Waals surface area contributed by atoms with E-state index in [1.807, 2.05) is 11.3 Å². The molecule has 0 saturated heterocycles. The maximum absolute atomic E-state index is 2.27. The first-order valence-corrected chi connectivity index (χ1v) is 6.39. The normalized spacial score (nSPS) is 9.79. The SMILES string of the molecule is B.CCCCCCCCc1ccsc1. The highest BCUT2D eigenvalue weighted by molar-refractivity contribution is 7.07. The first-order chi connectivity index (χ1) is 6.43. The van der Waals surface area contributed by atoms with E-state index in [-0.39, 0.29) is 8.41 Å². The molecule has 0 N–H and O–H groups in total. The number of unbranched alkanes of at least 4 members (excludes halogenated alkanes) is 5. The largest absolute Gasteiger partial charge is 0.152 e. The zero-order chi connectivity index (χ0) is 9.36. The molecule has 0 amide bonds. The summed E-state index contributed by atoms with van der Waals surface area (Å²) in [5.74, 6) is 0. The number of hydrogen-bond donors (Lipinski definition) is 0. The number of thiophene rings is 1. The van der Waals surface area contributed by atoms with Gasteiger partial charge in [-0.15, -0.1) is 0 Å². The molecule has 0 aliphatic carbocycles. The minimum Gasteiger partial charge on any atom is -0.152 e. The van der Waals surface area contributed by atoms with Crippen LogP contribution >= 0.6 is 11.3 Å². The minimum absolute atomic E-state index is 0. The van der Waals surface area contributed by atoms with Gasteiger partial charge in [0, 0.05) is 0 Å². The monoisotopic (exact) mass is 210 g/mol.